The SMILES string of the molecule is CCCOCCC(Cc1ccc(C(C)(C)C)cc1)NC. The first-order chi connectivity index (χ1) is 9.47. The van der Waals surface area contributed by atoms with E-state index in [1.807, 2.05) is 7.05 Å². The van der Waals surface area contributed by atoms with Gasteiger partial charge in [0.25, 0.3) is 0 Å². The maximum absolute atomic E-state index is 5.58. The molecular formula is C18H31NO. The van der Waals surface area contributed by atoms with E-state index in [4.69, 9.17) is 4.74 Å². The van der Waals surface area contributed by atoms with E-state index in [0.717, 1.165) is 32.5 Å². The second-order valence-corrected chi connectivity index (χ2v) is 6.54. The molecule has 0 aliphatic heterocycles. The summed E-state index contributed by atoms with van der Waals surface area (Å²) in [5.41, 5.74) is 3.02. The van der Waals surface area contributed by atoms with Gasteiger partial charge in [0.05, 0.1) is 0 Å². The summed E-state index contributed by atoms with van der Waals surface area (Å²) in [5, 5.41) is 3.39. The predicted octanol–water partition coefficient (Wildman–Crippen LogP) is 3.93. The van der Waals surface area contributed by atoms with Crippen molar-refractivity contribution in [1.82, 2.24) is 5.32 Å². The van der Waals surface area contributed by atoms with Crippen LogP contribution < -0.4 is 5.32 Å². The molecule has 0 amide bonds. The summed E-state index contributed by atoms with van der Waals surface area (Å²) in [6.45, 7) is 10.6. The van der Waals surface area contributed by atoms with Gasteiger partial charge >= 0.3 is 0 Å². The molecule has 1 aromatic carbocycles. The molecule has 0 radical (unpaired) electrons. The van der Waals surface area contributed by atoms with Crippen molar-refractivity contribution in [2.45, 2.75) is 58.4 Å². The van der Waals surface area contributed by atoms with Gasteiger partial charge in [-0.3, -0.25) is 0 Å². The average Bonchev–Trinajstić information content (AvgIpc) is 2.42. The zero-order chi connectivity index (χ0) is 15.0. The van der Waals surface area contributed by atoms with Gasteiger partial charge in [-0.1, -0.05) is 52.0 Å². The molecule has 0 saturated heterocycles. The van der Waals surface area contributed by atoms with Crippen LogP contribution in [-0.2, 0) is 16.6 Å². The molecule has 20 heavy (non-hydrogen) atoms. The fraction of sp³-hybridized carbons (Fsp3) is 0.667. The first-order valence-electron chi connectivity index (χ1n) is 7.81. The molecule has 0 heterocycles. The Bertz CT molecular complexity index is 364. The van der Waals surface area contributed by atoms with Crippen LogP contribution in [0.4, 0.5) is 0 Å². The van der Waals surface area contributed by atoms with Crippen LogP contribution in [0.2, 0.25) is 0 Å². The quantitative estimate of drug-likeness (QED) is 0.727. The van der Waals surface area contributed by atoms with Crippen molar-refractivity contribution >= 4 is 0 Å². The Hall–Kier alpha value is -0.860. The lowest BCUT2D eigenvalue weighted by atomic mass is 9.86. The van der Waals surface area contributed by atoms with Gasteiger partial charge in [-0.15, -0.1) is 0 Å². The Morgan fingerprint density at radius 1 is 1.10 bits per heavy atom. The first-order valence-corrected chi connectivity index (χ1v) is 7.81. The summed E-state index contributed by atoms with van der Waals surface area (Å²) in [7, 11) is 2.04. The lowest BCUT2D eigenvalue weighted by Crippen LogP contribution is -2.29. The molecule has 114 valence electrons. The van der Waals surface area contributed by atoms with E-state index < -0.39 is 0 Å². The largest absolute Gasteiger partial charge is 0.381 e. The molecule has 0 fully saturated rings. The fourth-order valence-corrected chi connectivity index (χ4v) is 2.25. The van der Waals surface area contributed by atoms with Gasteiger partial charge < -0.3 is 10.1 Å². The maximum Gasteiger partial charge on any atom is 0.0480 e. The van der Waals surface area contributed by atoms with Crippen molar-refractivity contribution in [3.63, 3.8) is 0 Å². The van der Waals surface area contributed by atoms with Crippen LogP contribution in [0.1, 0.15) is 51.7 Å². The monoisotopic (exact) mass is 277 g/mol. The summed E-state index contributed by atoms with van der Waals surface area (Å²) in [6.07, 6.45) is 3.23. The molecular weight excluding hydrogens is 246 g/mol. The van der Waals surface area contributed by atoms with E-state index in [-0.39, 0.29) is 5.41 Å². The third kappa shape index (κ3) is 6.06. The van der Waals surface area contributed by atoms with E-state index in [9.17, 15) is 0 Å². The predicted molar refractivity (Wildman–Crippen MR) is 87.4 cm³/mol. The minimum atomic E-state index is 0.231. The summed E-state index contributed by atoms with van der Waals surface area (Å²) >= 11 is 0. The molecule has 2 nitrogen and oxygen atoms in total. The number of ether oxygens (including phenoxy) is 1. The van der Waals surface area contributed by atoms with Crippen molar-refractivity contribution in [3.05, 3.63) is 35.4 Å². The Morgan fingerprint density at radius 3 is 2.25 bits per heavy atom. The van der Waals surface area contributed by atoms with Crippen LogP contribution in [0.5, 0.6) is 0 Å². The molecule has 0 bridgehead atoms. The van der Waals surface area contributed by atoms with E-state index in [1.54, 1.807) is 0 Å². The normalized spacial score (nSPS) is 13.4. The molecule has 1 N–H and O–H groups in total. The number of nitrogens with one attached hydrogen (secondary N) is 1. The highest BCUT2D eigenvalue weighted by atomic mass is 16.5. The highest BCUT2D eigenvalue weighted by Gasteiger charge is 2.13. The van der Waals surface area contributed by atoms with Gasteiger partial charge in [-0.25, -0.2) is 0 Å². The van der Waals surface area contributed by atoms with Gasteiger partial charge in [0.1, 0.15) is 0 Å². The van der Waals surface area contributed by atoms with Gasteiger partial charge in [-0.05, 0) is 42.9 Å². The third-order valence-corrected chi connectivity index (χ3v) is 3.67. The molecule has 1 rings (SSSR count). The minimum absolute atomic E-state index is 0.231. The van der Waals surface area contributed by atoms with Gasteiger partial charge in [0.2, 0.25) is 0 Å². The topological polar surface area (TPSA) is 21.3 Å². The Kier molecular flexibility index (Phi) is 7.25. The van der Waals surface area contributed by atoms with Crippen molar-refractivity contribution in [2.75, 3.05) is 20.3 Å². The number of rotatable bonds is 8. The fourth-order valence-electron chi connectivity index (χ4n) is 2.25. The van der Waals surface area contributed by atoms with Crippen molar-refractivity contribution in [1.29, 1.82) is 0 Å². The molecule has 0 aliphatic rings. The zero-order valence-corrected chi connectivity index (χ0v) is 13.8. The van der Waals surface area contributed by atoms with Gasteiger partial charge in [-0.2, -0.15) is 0 Å². The van der Waals surface area contributed by atoms with Crippen molar-refractivity contribution in [3.8, 4) is 0 Å². The number of hydrogen-bond acceptors (Lipinski definition) is 2. The van der Waals surface area contributed by atoms with Crippen LogP contribution in [0.15, 0.2) is 24.3 Å². The molecule has 1 unspecified atom stereocenters. The third-order valence-electron chi connectivity index (χ3n) is 3.67. The minimum Gasteiger partial charge on any atom is -0.381 e. The second-order valence-electron chi connectivity index (χ2n) is 6.54. The molecule has 0 aliphatic carbocycles. The van der Waals surface area contributed by atoms with Crippen molar-refractivity contribution in [2.24, 2.45) is 0 Å². The molecule has 1 aromatic rings. The molecule has 0 spiro atoms. The lowest BCUT2D eigenvalue weighted by Gasteiger charge is -2.20. The number of likely N-dealkylation sites (N-methyl/N-ethyl adjacent to an activating group) is 1. The van der Waals surface area contributed by atoms with E-state index in [2.05, 4.69) is 57.3 Å². The summed E-state index contributed by atoms with van der Waals surface area (Å²) in [6, 6.07) is 9.54. The van der Waals surface area contributed by atoms with E-state index in [1.165, 1.54) is 11.1 Å². The summed E-state index contributed by atoms with van der Waals surface area (Å²) in [4.78, 5) is 0. The summed E-state index contributed by atoms with van der Waals surface area (Å²) < 4.78 is 5.58. The van der Waals surface area contributed by atoms with Crippen LogP contribution in [0.25, 0.3) is 0 Å². The lowest BCUT2D eigenvalue weighted by molar-refractivity contribution is 0.125. The highest BCUT2D eigenvalue weighted by Crippen LogP contribution is 2.22. The van der Waals surface area contributed by atoms with E-state index >= 15 is 0 Å². The number of benzene rings is 1. The smallest absolute Gasteiger partial charge is 0.0480 e. The Labute approximate surface area is 124 Å². The van der Waals surface area contributed by atoms with Crippen LogP contribution in [0, 0.1) is 0 Å². The zero-order valence-electron chi connectivity index (χ0n) is 13.8. The number of hydrogen-bond donors (Lipinski definition) is 1. The van der Waals surface area contributed by atoms with Gasteiger partial charge in [0, 0.05) is 19.3 Å². The standard InChI is InChI=1S/C18H31NO/c1-6-12-20-13-11-17(19-5)14-15-7-9-16(10-8-15)18(2,3)4/h7-10,17,19H,6,11-14H2,1-5H3. The molecule has 2 heteroatoms. The first kappa shape index (κ1) is 17.2. The molecule has 0 saturated carbocycles. The van der Waals surface area contributed by atoms with Gasteiger partial charge in [0.15, 0.2) is 0 Å². The van der Waals surface area contributed by atoms with Crippen LogP contribution in [-0.4, -0.2) is 26.3 Å². The molecule has 1 atom stereocenters. The highest BCUT2D eigenvalue weighted by molar-refractivity contribution is 5.27. The van der Waals surface area contributed by atoms with E-state index in [0.29, 0.717) is 6.04 Å². The Balaban J connectivity index is 2.49. The Morgan fingerprint density at radius 2 is 1.75 bits per heavy atom. The van der Waals surface area contributed by atoms with Crippen molar-refractivity contribution < 1.29 is 4.74 Å². The average molecular weight is 277 g/mol. The summed E-state index contributed by atoms with van der Waals surface area (Å²) in [5.74, 6) is 0. The maximum atomic E-state index is 5.58. The van der Waals surface area contributed by atoms with Crippen LogP contribution in [0.3, 0.4) is 0 Å². The molecule has 0 aromatic heterocycles. The van der Waals surface area contributed by atoms with Crippen LogP contribution >= 0.6 is 0 Å². The second kappa shape index (κ2) is 8.43.